The quantitative estimate of drug-likeness (QED) is 0.684. The zero-order valence-electron chi connectivity index (χ0n) is 11.8. The monoisotopic (exact) mass is 251 g/mol. The van der Waals surface area contributed by atoms with Gasteiger partial charge in [-0.1, -0.05) is 27.2 Å². The molecule has 0 spiro atoms. The Balaban J connectivity index is 2.65. The molecule has 1 rings (SSSR count). The van der Waals surface area contributed by atoms with Crippen molar-refractivity contribution in [3.8, 4) is 0 Å². The maximum absolute atomic E-state index is 4.52. The first-order valence-corrected chi connectivity index (χ1v) is 7.00. The predicted molar refractivity (Wildman–Crippen MR) is 76.0 cm³/mol. The molecule has 0 bridgehead atoms. The fraction of sp³-hybridized carbons (Fsp3) is 0.769. The predicted octanol–water partition coefficient (Wildman–Crippen LogP) is 2.71. The fourth-order valence-corrected chi connectivity index (χ4v) is 1.78. The highest BCUT2D eigenvalue weighted by Gasteiger charge is 2.07. The molecule has 0 aromatic carbocycles. The SMILES string of the molecule is CCCCNc1nncc(N(CCC)CCC)n1. The van der Waals surface area contributed by atoms with Crippen LogP contribution in [0.4, 0.5) is 11.8 Å². The molecule has 0 atom stereocenters. The van der Waals surface area contributed by atoms with Crippen LogP contribution < -0.4 is 10.2 Å². The van der Waals surface area contributed by atoms with Crippen molar-refractivity contribution in [2.75, 3.05) is 29.9 Å². The van der Waals surface area contributed by atoms with Crippen molar-refractivity contribution in [3.63, 3.8) is 0 Å². The number of rotatable bonds is 9. The van der Waals surface area contributed by atoms with E-state index in [0.29, 0.717) is 5.95 Å². The van der Waals surface area contributed by atoms with E-state index in [2.05, 4.69) is 46.2 Å². The second kappa shape index (κ2) is 8.66. The van der Waals surface area contributed by atoms with Crippen LogP contribution in [0.1, 0.15) is 46.5 Å². The average Bonchev–Trinajstić information content (AvgIpc) is 2.39. The molecule has 1 N–H and O–H groups in total. The van der Waals surface area contributed by atoms with E-state index in [0.717, 1.165) is 51.1 Å². The van der Waals surface area contributed by atoms with Gasteiger partial charge in [0.1, 0.15) is 0 Å². The third-order valence-electron chi connectivity index (χ3n) is 2.67. The molecule has 1 heterocycles. The molecule has 0 aliphatic carbocycles. The molecule has 0 amide bonds. The topological polar surface area (TPSA) is 53.9 Å². The first kappa shape index (κ1) is 14.7. The highest BCUT2D eigenvalue weighted by Crippen LogP contribution is 2.11. The van der Waals surface area contributed by atoms with Crippen molar-refractivity contribution in [1.82, 2.24) is 15.2 Å². The Morgan fingerprint density at radius 3 is 2.44 bits per heavy atom. The van der Waals surface area contributed by atoms with Gasteiger partial charge < -0.3 is 10.2 Å². The smallest absolute Gasteiger partial charge is 0.244 e. The van der Waals surface area contributed by atoms with Crippen molar-refractivity contribution in [1.29, 1.82) is 0 Å². The highest BCUT2D eigenvalue weighted by atomic mass is 15.3. The highest BCUT2D eigenvalue weighted by molar-refractivity contribution is 5.39. The Bertz CT molecular complexity index is 323. The van der Waals surface area contributed by atoms with Crippen molar-refractivity contribution >= 4 is 11.8 Å². The van der Waals surface area contributed by atoms with Gasteiger partial charge in [-0.05, 0) is 19.3 Å². The Hall–Kier alpha value is -1.39. The molecular weight excluding hydrogens is 226 g/mol. The summed E-state index contributed by atoms with van der Waals surface area (Å²) in [6, 6.07) is 0. The van der Waals surface area contributed by atoms with E-state index >= 15 is 0 Å². The minimum Gasteiger partial charge on any atom is -0.355 e. The summed E-state index contributed by atoms with van der Waals surface area (Å²) in [5, 5.41) is 11.3. The van der Waals surface area contributed by atoms with Crippen molar-refractivity contribution in [2.45, 2.75) is 46.5 Å². The lowest BCUT2D eigenvalue weighted by Crippen LogP contribution is -2.26. The Morgan fingerprint density at radius 1 is 1.11 bits per heavy atom. The van der Waals surface area contributed by atoms with Crippen LogP contribution >= 0.6 is 0 Å². The van der Waals surface area contributed by atoms with Crippen LogP contribution in [-0.2, 0) is 0 Å². The van der Waals surface area contributed by atoms with Crippen LogP contribution in [0, 0.1) is 0 Å². The van der Waals surface area contributed by atoms with Crippen LogP contribution in [0.3, 0.4) is 0 Å². The van der Waals surface area contributed by atoms with E-state index < -0.39 is 0 Å². The maximum Gasteiger partial charge on any atom is 0.244 e. The van der Waals surface area contributed by atoms with Gasteiger partial charge in [-0.25, -0.2) is 0 Å². The molecule has 0 saturated carbocycles. The summed E-state index contributed by atoms with van der Waals surface area (Å²) in [6.07, 6.45) is 6.26. The van der Waals surface area contributed by atoms with Crippen LogP contribution in [0.15, 0.2) is 6.20 Å². The second-order valence-corrected chi connectivity index (χ2v) is 4.41. The zero-order valence-corrected chi connectivity index (χ0v) is 11.8. The Morgan fingerprint density at radius 2 is 1.83 bits per heavy atom. The summed E-state index contributed by atoms with van der Waals surface area (Å²) in [4.78, 5) is 6.79. The number of unbranched alkanes of at least 4 members (excludes halogenated alkanes) is 1. The van der Waals surface area contributed by atoms with Gasteiger partial charge in [-0.2, -0.15) is 10.1 Å². The third kappa shape index (κ3) is 4.85. The van der Waals surface area contributed by atoms with E-state index in [-0.39, 0.29) is 0 Å². The van der Waals surface area contributed by atoms with Gasteiger partial charge in [0.25, 0.3) is 0 Å². The molecule has 18 heavy (non-hydrogen) atoms. The van der Waals surface area contributed by atoms with E-state index in [1.54, 1.807) is 6.20 Å². The number of nitrogens with one attached hydrogen (secondary N) is 1. The molecule has 0 fully saturated rings. The summed E-state index contributed by atoms with van der Waals surface area (Å²) in [6.45, 7) is 9.46. The molecule has 5 heteroatoms. The van der Waals surface area contributed by atoms with Crippen LogP contribution in [0.2, 0.25) is 0 Å². The summed E-state index contributed by atoms with van der Waals surface area (Å²) >= 11 is 0. The minimum atomic E-state index is 0.637. The number of anilines is 2. The van der Waals surface area contributed by atoms with Gasteiger partial charge in [-0.15, -0.1) is 5.10 Å². The molecule has 0 aliphatic rings. The molecule has 102 valence electrons. The van der Waals surface area contributed by atoms with E-state index in [9.17, 15) is 0 Å². The van der Waals surface area contributed by atoms with Gasteiger partial charge in [0.2, 0.25) is 5.95 Å². The van der Waals surface area contributed by atoms with E-state index in [4.69, 9.17) is 0 Å². The van der Waals surface area contributed by atoms with Crippen molar-refractivity contribution in [3.05, 3.63) is 6.20 Å². The van der Waals surface area contributed by atoms with Gasteiger partial charge in [0, 0.05) is 19.6 Å². The molecule has 0 unspecified atom stereocenters. The lowest BCUT2D eigenvalue weighted by molar-refractivity contribution is 0.726. The van der Waals surface area contributed by atoms with Crippen LogP contribution in [-0.4, -0.2) is 34.8 Å². The summed E-state index contributed by atoms with van der Waals surface area (Å²) < 4.78 is 0. The summed E-state index contributed by atoms with van der Waals surface area (Å²) in [5.74, 6) is 1.56. The van der Waals surface area contributed by atoms with Crippen molar-refractivity contribution in [2.24, 2.45) is 0 Å². The largest absolute Gasteiger partial charge is 0.355 e. The Labute approximate surface area is 110 Å². The van der Waals surface area contributed by atoms with Crippen LogP contribution in [0.25, 0.3) is 0 Å². The lowest BCUT2D eigenvalue weighted by Gasteiger charge is -2.22. The molecule has 0 aliphatic heterocycles. The Kier molecular flexibility index (Phi) is 7.06. The number of aromatic nitrogens is 3. The zero-order chi connectivity index (χ0) is 13.2. The first-order valence-electron chi connectivity index (χ1n) is 7.00. The second-order valence-electron chi connectivity index (χ2n) is 4.41. The number of nitrogens with zero attached hydrogens (tertiary/aromatic N) is 4. The molecule has 0 radical (unpaired) electrons. The maximum atomic E-state index is 4.52. The number of hydrogen-bond acceptors (Lipinski definition) is 5. The van der Waals surface area contributed by atoms with Gasteiger partial charge in [0.05, 0.1) is 6.20 Å². The molecule has 0 saturated heterocycles. The standard InChI is InChI=1S/C13H25N5/c1-4-7-8-14-13-16-12(11-15-17-13)18(9-5-2)10-6-3/h11H,4-10H2,1-3H3,(H,14,16,17). The molecular formula is C13H25N5. The fourth-order valence-electron chi connectivity index (χ4n) is 1.78. The normalized spacial score (nSPS) is 10.4. The van der Waals surface area contributed by atoms with Crippen molar-refractivity contribution < 1.29 is 0 Å². The third-order valence-corrected chi connectivity index (χ3v) is 2.67. The van der Waals surface area contributed by atoms with E-state index in [1.807, 2.05) is 0 Å². The van der Waals surface area contributed by atoms with E-state index in [1.165, 1.54) is 0 Å². The lowest BCUT2D eigenvalue weighted by atomic mass is 10.3. The minimum absolute atomic E-state index is 0.637. The first-order chi connectivity index (χ1) is 8.81. The molecule has 5 nitrogen and oxygen atoms in total. The average molecular weight is 251 g/mol. The van der Waals surface area contributed by atoms with Gasteiger partial charge >= 0.3 is 0 Å². The molecule has 1 aromatic rings. The number of hydrogen-bond donors (Lipinski definition) is 1. The summed E-state index contributed by atoms with van der Waals surface area (Å²) in [7, 11) is 0. The molecule has 1 aromatic heterocycles. The van der Waals surface area contributed by atoms with Gasteiger partial charge in [-0.3, -0.25) is 0 Å². The summed E-state index contributed by atoms with van der Waals surface area (Å²) in [5.41, 5.74) is 0. The van der Waals surface area contributed by atoms with Gasteiger partial charge in [0.15, 0.2) is 5.82 Å². The van der Waals surface area contributed by atoms with Crippen LogP contribution in [0.5, 0.6) is 0 Å².